The summed E-state index contributed by atoms with van der Waals surface area (Å²) in [6.07, 6.45) is 3.39. The summed E-state index contributed by atoms with van der Waals surface area (Å²) in [6, 6.07) is 12.3. The van der Waals surface area contributed by atoms with Gasteiger partial charge in [0.1, 0.15) is 27.5 Å². The number of carbonyl (C=O) groups excluding carboxylic acids is 2. The first-order chi connectivity index (χ1) is 18.2. The molecule has 4 rings (SSSR count). The van der Waals surface area contributed by atoms with Gasteiger partial charge in [-0.1, -0.05) is 36.1 Å². The largest absolute Gasteiger partial charge is 0.497 e. The summed E-state index contributed by atoms with van der Waals surface area (Å²) in [4.78, 5) is 40.7. The lowest BCUT2D eigenvalue weighted by Gasteiger charge is -2.16. The summed E-state index contributed by atoms with van der Waals surface area (Å²) < 4.78 is 11.7. The van der Waals surface area contributed by atoms with Crippen LogP contribution >= 0.6 is 24.0 Å². The maximum absolute atomic E-state index is 13.1. The van der Waals surface area contributed by atoms with E-state index >= 15 is 0 Å². The van der Waals surface area contributed by atoms with Crippen LogP contribution in [0.4, 0.5) is 0 Å². The predicted octanol–water partition coefficient (Wildman–Crippen LogP) is 4.25. The van der Waals surface area contributed by atoms with E-state index in [0.717, 1.165) is 10.1 Å². The molecule has 3 heterocycles. The van der Waals surface area contributed by atoms with Gasteiger partial charge in [0.15, 0.2) is 5.78 Å². The first kappa shape index (κ1) is 26.9. The fourth-order valence-electron chi connectivity index (χ4n) is 4.06. The number of aromatic nitrogens is 1. The summed E-state index contributed by atoms with van der Waals surface area (Å²) in [5, 5.41) is 20.4. The maximum atomic E-state index is 13.1. The fraction of sp³-hybridized carbons (Fsp3) is 0.222. The number of carbonyl (C=O) groups is 2. The van der Waals surface area contributed by atoms with Crippen LogP contribution in [-0.4, -0.2) is 44.2 Å². The number of hydrogen-bond donors (Lipinski definition) is 1. The van der Waals surface area contributed by atoms with Crippen molar-refractivity contribution in [2.45, 2.75) is 26.3 Å². The second-order valence-electron chi connectivity index (χ2n) is 8.41. The number of ketones is 1. The van der Waals surface area contributed by atoms with E-state index in [2.05, 4.69) is 0 Å². The second kappa shape index (κ2) is 11.5. The number of benzene rings is 1. The van der Waals surface area contributed by atoms with Gasteiger partial charge in [0.05, 0.1) is 30.4 Å². The molecular formula is C27H23N3O6S2. The Morgan fingerprint density at radius 3 is 2.63 bits per heavy atom. The number of Topliss-reactive ketones (excluding diaryl/α,β-unsaturated/α-hetero) is 1. The van der Waals surface area contributed by atoms with Crippen LogP contribution < -0.4 is 10.3 Å². The van der Waals surface area contributed by atoms with Crippen LogP contribution in [0.3, 0.4) is 0 Å². The lowest BCUT2D eigenvalue weighted by molar-refractivity contribution is -0.122. The number of amides is 1. The Labute approximate surface area is 227 Å². The van der Waals surface area contributed by atoms with Crippen molar-refractivity contribution in [2.75, 3.05) is 13.7 Å². The van der Waals surface area contributed by atoms with Crippen LogP contribution in [-0.2, 0) is 11.3 Å². The molecule has 0 atom stereocenters. The van der Waals surface area contributed by atoms with Crippen molar-refractivity contribution in [3.05, 3.63) is 85.9 Å². The van der Waals surface area contributed by atoms with Crippen molar-refractivity contribution in [1.82, 2.24) is 9.47 Å². The van der Waals surface area contributed by atoms with Gasteiger partial charge < -0.3 is 14.3 Å². The zero-order chi connectivity index (χ0) is 27.4. The van der Waals surface area contributed by atoms with Crippen molar-refractivity contribution in [3.63, 3.8) is 0 Å². The molecule has 3 aromatic rings. The average molecular weight is 550 g/mol. The lowest BCUT2D eigenvalue weighted by atomic mass is 9.99. The number of furan rings is 1. The molecule has 9 nitrogen and oxygen atoms in total. The SMILES string of the molecule is COc1ccc(/C=C2\SC(=S)N(CCCC(=O)c3c(C)c(C#N)c(=O)n(Cc4ccco4)c3O)C2=O)cc1. The van der Waals surface area contributed by atoms with Gasteiger partial charge in [-0.2, -0.15) is 5.26 Å². The number of nitrogens with zero attached hydrogens (tertiary/aromatic N) is 3. The highest BCUT2D eigenvalue weighted by Crippen LogP contribution is 2.33. The Bertz CT molecular complexity index is 1530. The molecule has 11 heteroatoms. The number of thiocarbonyl (C=S) groups is 1. The molecule has 0 saturated carbocycles. The van der Waals surface area contributed by atoms with Crippen molar-refractivity contribution in [2.24, 2.45) is 0 Å². The molecule has 38 heavy (non-hydrogen) atoms. The normalized spacial score (nSPS) is 14.2. The van der Waals surface area contributed by atoms with Crippen LogP contribution in [0, 0.1) is 18.3 Å². The van der Waals surface area contributed by atoms with E-state index in [1.165, 1.54) is 29.8 Å². The minimum atomic E-state index is -0.711. The van der Waals surface area contributed by atoms with Gasteiger partial charge in [-0.05, 0) is 54.8 Å². The highest BCUT2D eigenvalue weighted by atomic mass is 32.2. The maximum Gasteiger partial charge on any atom is 0.271 e. The number of thioether (sulfide) groups is 1. The minimum absolute atomic E-state index is 0.0349. The number of methoxy groups -OCH3 is 1. The van der Waals surface area contributed by atoms with Crippen LogP contribution in [0.15, 0.2) is 56.8 Å². The Morgan fingerprint density at radius 2 is 2.00 bits per heavy atom. The lowest BCUT2D eigenvalue weighted by Crippen LogP contribution is -2.30. The van der Waals surface area contributed by atoms with Gasteiger partial charge >= 0.3 is 0 Å². The number of rotatable bonds is 9. The third kappa shape index (κ3) is 5.41. The van der Waals surface area contributed by atoms with Crippen LogP contribution in [0.2, 0.25) is 0 Å². The van der Waals surface area contributed by atoms with Crippen molar-refractivity contribution in [1.29, 1.82) is 5.26 Å². The number of hydrogen-bond acceptors (Lipinski definition) is 9. The Kier molecular flexibility index (Phi) is 8.14. The van der Waals surface area contributed by atoms with Gasteiger partial charge in [-0.25, -0.2) is 0 Å². The zero-order valence-corrected chi connectivity index (χ0v) is 22.2. The van der Waals surface area contributed by atoms with Gasteiger partial charge in [-0.15, -0.1) is 0 Å². The van der Waals surface area contributed by atoms with Crippen molar-refractivity contribution < 1.29 is 23.8 Å². The second-order valence-corrected chi connectivity index (χ2v) is 10.1. The van der Waals surface area contributed by atoms with E-state index in [-0.39, 0.29) is 48.5 Å². The summed E-state index contributed by atoms with van der Waals surface area (Å²) >= 11 is 6.57. The standard InChI is InChI=1S/C27H23N3O6S2/c1-16-20(14-28)24(32)30(15-19-5-4-12-36-19)26(34)23(16)21(31)6-3-11-29-25(33)22(38-27(29)37)13-17-7-9-18(35-2)10-8-17/h4-5,7-10,12-13,34H,3,6,11,15H2,1-2H3/b22-13-. The number of aromatic hydroxyl groups is 1. The van der Waals surface area contributed by atoms with Crippen molar-refractivity contribution >= 4 is 46.1 Å². The Morgan fingerprint density at radius 1 is 1.26 bits per heavy atom. The highest BCUT2D eigenvalue weighted by Gasteiger charge is 2.32. The Hall–Kier alpha value is -4.14. The molecule has 1 aliphatic rings. The van der Waals surface area contributed by atoms with Crippen molar-refractivity contribution in [3.8, 4) is 17.7 Å². The Balaban J connectivity index is 1.48. The molecule has 1 saturated heterocycles. The molecule has 0 aliphatic carbocycles. The van der Waals surface area contributed by atoms with E-state index in [9.17, 15) is 24.8 Å². The average Bonchev–Trinajstić information content (AvgIpc) is 3.51. The minimum Gasteiger partial charge on any atom is -0.497 e. The summed E-state index contributed by atoms with van der Waals surface area (Å²) in [5.74, 6) is -0.143. The first-order valence-corrected chi connectivity index (χ1v) is 12.8. The molecule has 2 aromatic heterocycles. The molecule has 0 radical (unpaired) electrons. The third-order valence-corrected chi connectivity index (χ3v) is 7.42. The van der Waals surface area contributed by atoms with Gasteiger partial charge in [0, 0.05) is 13.0 Å². The monoisotopic (exact) mass is 549 g/mol. The van der Waals surface area contributed by atoms with E-state index in [4.69, 9.17) is 21.4 Å². The number of nitriles is 1. The fourth-order valence-corrected chi connectivity index (χ4v) is 5.37. The molecule has 1 aliphatic heterocycles. The van der Waals surface area contributed by atoms with Gasteiger partial charge in [-0.3, -0.25) is 23.9 Å². The predicted molar refractivity (Wildman–Crippen MR) is 146 cm³/mol. The van der Waals surface area contributed by atoms with E-state index in [1.807, 2.05) is 18.2 Å². The molecule has 0 unspecified atom stereocenters. The smallest absolute Gasteiger partial charge is 0.271 e. The quantitative estimate of drug-likeness (QED) is 0.237. The molecule has 1 aromatic carbocycles. The van der Waals surface area contributed by atoms with Crippen LogP contribution in [0.5, 0.6) is 11.6 Å². The van der Waals surface area contributed by atoms with E-state index in [1.54, 1.807) is 37.5 Å². The summed E-state index contributed by atoms with van der Waals surface area (Å²) in [6.45, 7) is 1.52. The van der Waals surface area contributed by atoms with E-state index in [0.29, 0.717) is 20.7 Å². The molecular weight excluding hydrogens is 526 g/mol. The molecule has 194 valence electrons. The summed E-state index contributed by atoms with van der Waals surface area (Å²) in [7, 11) is 1.58. The van der Waals surface area contributed by atoms with Crippen LogP contribution in [0.1, 0.15) is 45.7 Å². The molecule has 1 N–H and O–H groups in total. The number of pyridine rings is 1. The highest BCUT2D eigenvalue weighted by molar-refractivity contribution is 8.26. The third-order valence-electron chi connectivity index (χ3n) is 6.05. The molecule has 1 amide bonds. The number of ether oxygens (including phenoxy) is 1. The van der Waals surface area contributed by atoms with Crippen LogP contribution in [0.25, 0.3) is 6.08 Å². The van der Waals surface area contributed by atoms with Gasteiger partial charge in [0.25, 0.3) is 11.5 Å². The zero-order valence-electron chi connectivity index (χ0n) is 20.6. The molecule has 1 fully saturated rings. The summed E-state index contributed by atoms with van der Waals surface area (Å²) in [5.41, 5.74) is -0.0957. The first-order valence-electron chi connectivity index (χ1n) is 11.6. The van der Waals surface area contributed by atoms with E-state index < -0.39 is 17.2 Å². The molecule has 0 bridgehead atoms. The van der Waals surface area contributed by atoms with Gasteiger partial charge in [0.2, 0.25) is 5.88 Å². The topological polar surface area (TPSA) is 126 Å². The molecule has 0 spiro atoms.